The zero-order valence-electron chi connectivity index (χ0n) is 79.4. The van der Waals surface area contributed by atoms with Gasteiger partial charge in [-0.05, 0) is 277 Å². The Balaban J connectivity index is 0.000000139. The van der Waals surface area contributed by atoms with Crippen molar-refractivity contribution in [3.8, 4) is 22.3 Å². The molecule has 0 heterocycles. The minimum absolute atomic E-state index is 0.147. The summed E-state index contributed by atoms with van der Waals surface area (Å²) in [6.07, 6.45) is 26.3. The van der Waals surface area contributed by atoms with Gasteiger partial charge in [0.1, 0.15) is 0 Å². The molecule has 19 aromatic rings. The number of nitrogens with zero attached hydrogens (tertiary/aromatic N) is 3. The van der Waals surface area contributed by atoms with Crippen LogP contribution in [-0.2, 0) is 5.41 Å². The topological polar surface area (TPSA) is 9.72 Å². The molecule has 1 aliphatic rings. The van der Waals surface area contributed by atoms with Crippen LogP contribution >= 0.6 is 0 Å². The minimum Gasteiger partial charge on any atom is -0.311 e. The van der Waals surface area contributed by atoms with E-state index in [1.807, 2.05) is 6.07 Å². The van der Waals surface area contributed by atoms with Crippen LogP contribution in [0.15, 0.2) is 461 Å². The second kappa shape index (κ2) is 43.0. The molecule has 3 nitrogen and oxygen atoms in total. The Morgan fingerprint density at radius 1 is 0.168 bits per heavy atom. The van der Waals surface area contributed by atoms with E-state index in [1.54, 1.807) is 0 Å². The molecule has 0 saturated heterocycles. The Morgan fingerprint density at radius 3 is 0.766 bits per heavy atom. The molecule has 0 bridgehead atoms. The summed E-state index contributed by atoms with van der Waals surface area (Å²) in [5, 5.41) is 4.99. The van der Waals surface area contributed by atoms with Crippen molar-refractivity contribution >= 4 is 146 Å². The number of para-hydroxylation sites is 2. The van der Waals surface area contributed by atoms with E-state index in [1.165, 1.54) is 138 Å². The summed E-state index contributed by atoms with van der Waals surface area (Å²) in [6, 6.07) is 166. The van der Waals surface area contributed by atoms with E-state index in [0.717, 1.165) is 51.2 Å². The fraction of sp³-hybridized carbons (Fsp3) is 0.0896. The van der Waals surface area contributed by atoms with Gasteiger partial charge in [-0.15, -0.1) is 0 Å². The largest absolute Gasteiger partial charge is 0.311 e. The zero-order valence-corrected chi connectivity index (χ0v) is 79.4. The van der Waals surface area contributed by atoms with Crippen LogP contribution in [-0.4, -0.2) is 0 Å². The first-order valence-electron chi connectivity index (χ1n) is 47.9. The van der Waals surface area contributed by atoms with E-state index in [2.05, 4.69) is 598 Å². The Kier molecular flexibility index (Phi) is 28.6. The number of hydrogen-bond acceptors (Lipinski definition) is 3. The number of benzene rings is 19. The molecule has 0 fully saturated rings. The van der Waals surface area contributed by atoms with Crippen LogP contribution in [0.4, 0.5) is 51.2 Å². The summed E-state index contributed by atoms with van der Waals surface area (Å²) in [5.41, 5.74) is 36.2. The molecule has 0 N–H and O–H groups in total. The van der Waals surface area contributed by atoms with Gasteiger partial charge < -0.3 is 14.7 Å². The highest BCUT2D eigenvalue weighted by molar-refractivity contribution is 5.94. The van der Waals surface area contributed by atoms with Crippen LogP contribution in [0.25, 0.3) is 117 Å². The van der Waals surface area contributed by atoms with E-state index < -0.39 is 0 Å². The van der Waals surface area contributed by atoms with Gasteiger partial charge in [0.05, 0.1) is 0 Å². The van der Waals surface area contributed by atoms with E-state index in [-0.39, 0.29) is 5.41 Å². The van der Waals surface area contributed by atoms with Crippen LogP contribution in [0, 0.1) is 0 Å². The molecule has 20 rings (SSSR count). The quantitative estimate of drug-likeness (QED) is 0.0528. The van der Waals surface area contributed by atoms with Crippen molar-refractivity contribution in [2.75, 3.05) is 14.7 Å². The molecule has 3 heteroatoms. The van der Waals surface area contributed by atoms with Crippen LogP contribution in [0.3, 0.4) is 0 Å². The standard InChI is InChI=1S/C51H51N.C49H39N.C34H25N/c1-37(2)46-25-13-40(14-26-46)7-10-43-19-31-49(32-20-43)52(50-33-21-44(22-34-50)11-8-41-15-27-47(28-16-41)38(3)4)51-35-23-45(24-36-51)12-9-42-17-29-48(30-18-42)39(5)6;1-49(2)47-34-39(21-20-37-14-8-4-9-15-37)24-32-45(47)46-33-31-44(35-48(46)49)50(43-29-25-41(26-30-43)40-16-10-5-11-17-40)42-27-22-38(23-28-42)19-18-36-12-6-3-7-13-36;1-3-11-32(12-4-1)35(33-13-5-2-6-14-33)34-22-21-30-24-27(18-20-31(30)25-34)16-15-26-17-19-28-9-7-8-10-29(28)23-26/h7-39H,1-6H3;3-35H,1-2H3;1-25H/b10-7+,11-8+,12-9+;19-18+,21-20+;16-15+. The van der Waals surface area contributed by atoms with Gasteiger partial charge in [-0.2, -0.15) is 0 Å². The lowest BCUT2D eigenvalue weighted by molar-refractivity contribution is 0.660. The van der Waals surface area contributed by atoms with Crippen molar-refractivity contribution in [1.82, 2.24) is 0 Å². The molecule has 0 aliphatic heterocycles. The van der Waals surface area contributed by atoms with Gasteiger partial charge in [-0.25, -0.2) is 0 Å². The molecule has 0 saturated carbocycles. The zero-order chi connectivity index (χ0) is 93.8. The molecular formula is C134H115N3. The Bertz CT molecular complexity index is 7150. The van der Waals surface area contributed by atoms with Crippen molar-refractivity contribution < 1.29 is 0 Å². The predicted octanol–water partition coefficient (Wildman–Crippen LogP) is 38.1. The van der Waals surface area contributed by atoms with Crippen molar-refractivity contribution in [1.29, 1.82) is 0 Å². The smallest absolute Gasteiger partial charge is 0.0468 e. The van der Waals surface area contributed by atoms with Crippen LogP contribution < -0.4 is 14.7 Å². The third-order valence-electron chi connectivity index (χ3n) is 25.9. The van der Waals surface area contributed by atoms with Gasteiger partial charge in [0, 0.05) is 56.6 Å². The summed E-state index contributed by atoms with van der Waals surface area (Å²) < 4.78 is 0. The lowest BCUT2D eigenvalue weighted by atomic mass is 9.81. The van der Waals surface area contributed by atoms with Crippen molar-refractivity contribution in [2.45, 2.75) is 78.6 Å². The molecule has 0 aromatic heterocycles. The van der Waals surface area contributed by atoms with Gasteiger partial charge in [0.25, 0.3) is 0 Å². The van der Waals surface area contributed by atoms with Crippen molar-refractivity contribution in [3.05, 3.63) is 556 Å². The third kappa shape index (κ3) is 22.7. The third-order valence-corrected chi connectivity index (χ3v) is 25.9. The maximum Gasteiger partial charge on any atom is 0.0468 e. The van der Waals surface area contributed by atoms with Crippen molar-refractivity contribution in [2.24, 2.45) is 0 Å². The lowest BCUT2D eigenvalue weighted by Crippen LogP contribution is -2.16. The summed E-state index contributed by atoms with van der Waals surface area (Å²) in [5.74, 6) is 1.61. The molecule has 19 aromatic carbocycles. The fourth-order valence-corrected chi connectivity index (χ4v) is 17.9. The second-order valence-corrected chi connectivity index (χ2v) is 36.8. The van der Waals surface area contributed by atoms with Gasteiger partial charge >= 0.3 is 0 Å². The normalized spacial score (nSPS) is 12.2. The summed E-state index contributed by atoms with van der Waals surface area (Å²) in [6.45, 7) is 18.1. The number of fused-ring (bicyclic) bond motifs is 5. The average molecular weight is 1770 g/mol. The molecular weight excluding hydrogens is 1650 g/mol. The highest BCUT2D eigenvalue weighted by atomic mass is 15.2. The maximum atomic E-state index is 2.41. The van der Waals surface area contributed by atoms with Crippen molar-refractivity contribution in [3.63, 3.8) is 0 Å². The highest BCUT2D eigenvalue weighted by Crippen LogP contribution is 2.52. The van der Waals surface area contributed by atoms with Crippen LogP contribution in [0.2, 0.25) is 0 Å². The fourth-order valence-electron chi connectivity index (χ4n) is 17.9. The van der Waals surface area contributed by atoms with Gasteiger partial charge in [-0.3, -0.25) is 0 Å². The molecule has 0 radical (unpaired) electrons. The number of rotatable bonds is 25. The Labute approximate surface area is 811 Å². The molecule has 1 aliphatic carbocycles. The highest BCUT2D eigenvalue weighted by Gasteiger charge is 2.36. The van der Waals surface area contributed by atoms with E-state index in [9.17, 15) is 0 Å². The Hall–Kier alpha value is -16.5. The first-order valence-corrected chi connectivity index (χ1v) is 47.9. The molecule has 0 amide bonds. The van der Waals surface area contributed by atoms with Crippen LogP contribution in [0.1, 0.15) is 168 Å². The molecule has 0 atom stereocenters. The SMILES string of the molecule is C(=C\c1ccc2cc(N(c3ccccc3)c3ccccc3)ccc2c1)/c1ccc2ccccc2c1.CC(C)c1ccc(/C=C/c2ccc(N(c3ccc(/C=C/c4ccc(C(C)C)cc4)cc3)c3ccc(/C=C/c4ccc(C(C)C)cc4)cc3)cc2)cc1.CC1(C)c2cc(/C=C/c3ccccc3)ccc2-c2ccc(N(c3ccc(/C=C/c4ccccc4)cc3)c3ccc(-c4ccccc4)cc3)cc21. The van der Waals surface area contributed by atoms with Crippen LogP contribution in [0.5, 0.6) is 0 Å². The van der Waals surface area contributed by atoms with E-state index in [4.69, 9.17) is 0 Å². The number of anilines is 9. The monoisotopic (exact) mass is 1770 g/mol. The first-order chi connectivity index (χ1) is 67.1. The first kappa shape index (κ1) is 91.1. The van der Waals surface area contributed by atoms with E-state index >= 15 is 0 Å². The van der Waals surface area contributed by atoms with Gasteiger partial charge in [0.15, 0.2) is 0 Å². The van der Waals surface area contributed by atoms with Gasteiger partial charge in [0.2, 0.25) is 0 Å². The summed E-state index contributed by atoms with van der Waals surface area (Å²) in [7, 11) is 0. The Morgan fingerprint density at radius 2 is 0.387 bits per heavy atom. The van der Waals surface area contributed by atoms with E-state index in [0.29, 0.717) is 17.8 Å². The predicted molar refractivity (Wildman–Crippen MR) is 596 cm³/mol. The van der Waals surface area contributed by atoms with Gasteiger partial charge in [-0.1, -0.05) is 468 Å². The lowest BCUT2D eigenvalue weighted by Gasteiger charge is -2.28. The summed E-state index contributed by atoms with van der Waals surface area (Å²) in [4.78, 5) is 7.01. The minimum atomic E-state index is -0.147. The maximum absolute atomic E-state index is 2.41. The molecule has 666 valence electrons. The second-order valence-electron chi connectivity index (χ2n) is 36.8. The summed E-state index contributed by atoms with van der Waals surface area (Å²) >= 11 is 0. The number of hydrogen-bond donors (Lipinski definition) is 0. The molecule has 0 unspecified atom stereocenters. The molecule has 137 heavy (non-hydrogen) atoms. The molecule has 0 spiro atoms. The average Bonchev–Trinajstić information content (AvgIpc) is 1.56.